The molecule has 0 amide bonds. The van der Waals surface area contributed by atoms with E-state index in [-0.39, 0.29) is 5.97 Å². The van der Waals surface area contributed by atoms with Gasteiger partial charge in [-0.3, -0.25) is 9.69 Å². The summed E-state index contributed by atoms with van der Waals surface area (Å²) in [5, 5.41) is 3.73. The summed E-state index contributed by atoms with van der Waals surface area (Å²) in [5.41, 5.74) is 0.634. The molecule has 0 aromatic carbocycles. The van der Waals surface area contributed by atoms with Gasteiger partial charge in [0.15, 0.2) is 0 Å². The summed E-state index contributed by atoms with van der Waals surface area (Å²) in [4.78, 5) is 18.4. The summed E-state index contributed by atoms with van der Waals surface area (Å²) in [6.45, 7) is 7.50. The molecule has 18 heavy (non-hydrogen) atoms. The van der Waals surface area contributed by atoms with Gasteiger partial charge in [0, 0.05) is 13.1 Å². The Morgan fingerprint density at radius 1 is 1.56 bits per heavy atom. The summed E-state index contributed by atoms with van der Waals surface area (Å²) in [7, 11) is 1.51. The Morgan fingerprint density at radius 3 is 2.89 bits per heavy atom. The highest BCUT2D eigenvalue weighted by Gasteiger charge is 2.20. The molecule has 0 bridgehead atoms. The highest BCUT2D eigenvalue weighted by Crippen LogP contribution is 2.11. The molecule has 0 saturated heterocycles. The van der Waals surface area contributed by atoms with Crippen molar-refractivity contribution in [3.05, 3.63) is 11.6 Å². The molecule has 0 atom stereocenters. The van der Waals surface area contributed by atoms with Crippen molar-refractivity contribution in [1.82, 2.24) is 4.90 Å². The Balaban J connectivity index is 2.43. The maximum Gasteiger partial charge on any atom is 0.320 e. The van der Waals surface area contributed by atoms with Crippen LogP contribution in [0.5, 0.6) is 0 Å². The first kappa shape index (κ1) is 14.7. The summed E-state index contributed by atoms with van der Waals surface area (Å²) in [6.07, 6.45) is 4.70. The van der Waals surface area contributed by atoms with Gasteiger partial charge in [-0.25, -0.2) is 0 Å². The lowest BCUT2D eigenvalue weighted by Gasteiger charge is -2.27. The van der Waals surface area contributed by atoms with Gasteiger partial charge >= 0.3 is 5.97 Å². The van der Waals surface area contributed by atoms with Gasteiger partial charge in [-0.1, -0.05) is 11.2 Å². The average molecular weight is 254 g/mol. The Hall–Kier alpha value is -1.36. The van der Waals surface area contributed by atoms with E-state index in [0.29, 0.717) is 13.1 Å². The first-order valence-corrected chi connectivity index (χ1v) is 6.10. The van der Waals surface area contributed by atoms with E-state index in [0.717, 1.165) is 18.5 Å². The summed E-state index contributed by atoms with van der Waals surface area (Å²) >= 11 is 0. The molecule has 0 aliphatic carbocycles. The highest BCUT2D eigenvalue weighted by atomic mass is 16.6. The van der Waals surface area contributed by atoms with Crippen molar-refractivity contribution < 1.29 is 14.4 Å². The van der Waals surface area contributed by atoms with Gasteiger partial charge in [0.1, 0.15) is 12.7 Å². The monoisotopic (exact) mass is 254 g/mol. The Morgan fingerprint density at radius 2 is 2.28 bits per heavy atom. The van der Waals surface area contributed by atoms with E-state index >= 15 is 0 Å². The lowest BCUT2D eigenvalue weighted by molar-refractivity contribution is -0.156. The van der Waals surface area contributed by atoms with Crippen LogP contribution in [0.3, 0.4) is 0 Å². The fraction of sp³-hybridized carbons (Fsp3) is 0.692. The number of nitrogens with zero attached hydrogens (tertiary/aromatic N) is 2. The minimum atomic E-state index is -0.428. The quantitative estimate of drug-likeness (QED) is 0.434. The Labute approximate surface area is 108 Å². The molecular formula is C13H22N2O3. The van der Waals surface area contributed by atoms with Crippen LogP contribution in [0.15, 0.2) is 16.8 Å². The van der Waals surface area contributed by atoms with Crippen LogP contribution in [0, 0.1) is 0 Å². The third-order valence-electron chi connectivity index (χ3n) is 2.35. The molecule has 102 valence electrons. The first-order chi connectivity index (χ1) is 8.40. The smallest absolute Gasteiger partial charge is 0.320 e. The molecule has 0 saturated carbocycles. The third kappa shape index (κ3) is 5.82. The molecule has 0 spiro atoms. The number of hydrogen-bond acceptors (Lipinski definition) is 5. The van der Waals surface area contributed by atoms with E-state index in [2.05, 4.69) is 16.1 Å². The number of carbonyl (C=O) groups excluding carboxylic acids is 1. The van der Waals surface area contributed by atoms with Gasteiger partial charge in [-0.2, -0.15) is 0 Å². The van der Waals surface area contributed by atoms with Crippen LogP contribution in [0.25, 0.3) is 0 Å². The molecule has 0 N–H and O–H groups in total. The second kappa shape index (κ2) is 6.54. The summed E-state index contributed by atoms with van der Waals surface area (Å²) in [6, 6.07) is 0. The lowest BCUT2D eigenvalue weighted by atomic mass is 10.1. The topological polar surface area (TPSA) is 51.1 Å². The molecule has 5 heteroatoms. The Kier molecular flexibility index (Phi) is 5.34. The predicted octanol–water partition coefficient (Wildman–Crippen LogP) is 1.59. The molecule has 0 aromatic heterocycles. The van der Waals surface area contributed by atoms with Crippen molar-refractivity contribution in [2.75, 3.05) is 26.7 Å². The SMILES string of the molecule is CON=CC1=CCCN(CC(=O)OC(C)(C)C)C1. The minimum absolute atomic E-state index is 0.188. The molecule has 0 unspecified atom stereocenters. The van der Waals surface area contributed by atoms with E-state index in [1.54, 1.807) is 6.21 Å². The molecular weight excluding hydrogens is 232 g/mol. The second-order valence-corrected chi connectivity index (χ2v) is 5.28. The van der Waals surface area contributed by atoms with Crippen molar-refractivity contribution >= 4 is 12.2 Å². The third-order valence-corrected chi connectivity index (χ3v) is 2.35. The van der Waals surface area contributed by atoms with E-state index in [1.807, 2.05) is 25.7 Å². The van der Waals surface area contributed by atoms with Crippen LogP contribution in [0.1, 0.15) is 27.2 Å². The number of esters is 1. The normalized spacial score (nSPS) is 17.7. The van der Waals surface area contributed by atoms with Crippen molar-refractivity contribution in [2.45, 2.75) is 32.8 Å². The van der Waals surface area contributed by atoms with Crippen LogP contribution in [0.2, 0.25) is 0 Å². The van der Waals surface area contributed by atoms with E-state index in [9.17, 15) is 4.79 Å². The van der Waals surface area contributed by atoms with Gasteiger partial charge < -0.3 is 9.57 Å². The molecule has 0 aromatic rings. The number of carbonyl (C=O) groups is 1. The zero-order valence-electron chi connectivity index (χ0n) is 11.6. The van der Waals surface area contributed by atoms with Crippen molar-refractivity contribution in [3.63, 3.8) is 0 Å². The molecule has 1 heterocycles. The van der Waals surface area contributed by atoms with Gasteiger partial charge in [0.2, 0.25) is 0 Å². The first-order valence-electron chi connectivity index (χ1n) is 6.10. The predicted molar refractivity (Wildman–Crippen MR) is 70.5 cm³/mol. The van der Waals surface area contributed by atoms with E-state index in [4.69, 9.17) is 4.74 Å². The number of ether oxygens (including phenoxy) is 1. The maximum atomic E-state index is 11.7. The van der Waals surface area contributed by atoms with Crippen LogP contribution in [-0.4, -0.2) is 49.4 Å². The van der Waals surface area contributed by atoms with Crippen molar-refractivity contribution in [2.24, 2.45) is 5.16 Å². The molecule has 1 aliphatic heterocycles. The second-order valence-electron chi connectivity index (χ2n) is 5.28. The number of oxime groups is 1. The van der Waals surface area contributed by atoms with Crippen molar-refractivity contribution in [3.8, 4) is 0 Å². The zero-order chi connectivity index (χ0) is 13.6. The van der Waals surface area contributed by atoms with Crippen LogP contribution < -0.4 is 0 Å². The largest absolute Gasteiger partial charge is 0.459 e. The van der Waals surface area contributed by atoms with Crippen LogP contribution in [-0.2, 0) is 14.4 Å². The average Bonchev–Trinajstić information content (AvgIpc) is 2.24. The Bertz CT molecular complexity index is 343. The number of hydrogen-bond donors (Lipinski definition) is 0. The maximum absolute atomic E-state index is 11.7. The van der Waals surface area contributed by atoms with E-state index in [1.165, 1.54) is 7.11 Å². The van der Waals surface area contributed by atoms with Crippen molar-refractivity contribution in [1.29, 1.82) is 0 Å². The van der Waals surface area contributed by atoms with Crippen LogP contribution in [0.4, 0.5) is 0 Å². The molecule has 1 aliphatic rings. The molecule has 0 radical (unpaired) electrons. The van der Waals surface area contributed by atoms with Gasteiger partial charge in [0.05, 0.1) is 12.8 Å². The van der Waals surface area contributed by atoms with Gasteiger partial charge in [0.25, 0.3) is 0 Å². The van der Waals surface area contributed by atoms with Gasteiger partial charge in [-0.05, 0) is 32.8 Å². The number of rotatable bonds is 4. The lowest BCUT2D eigenvalue weighted by Crippen LogP contribution is -2.38. The molecule has 1 rings (SSSR count). The fourth-order valence-electron chi connectivity index (χ4n) is 1.74. The highest BCUT2D eigenvalue weighted by molar-refractivity contribution is 5.79. The van der Waals surface area contributed by atoms with Gasteiger partial charge in [-0.15, -0.1) is 0 Å². The van der Waals surface area contributed by atoms with E-state index < -0.39 is 5.60 Å². The molecule has 0 fully saturated rings. The fourth-order valence-corrected chi connectivity index (χ4v) is 1.74. The molecule has 5 nitrogen and oxygen atoms in total. The summed E-state index contributed by atoms with van der Waals surface area (Å²) in [5.74, 6) is -0.188. The summed E-state index contributed by atoms with van der Waals surface area (Å²) < 4.78 is 5.30. The van der Waals surface area contributed by atoms with Crippen LogP contribution >= 0.6 is 0 Å². The zero-order valence-corrected chi connectivity index (χ0v) is 11.6. The standard InChI is InChI=1S/C13H22N2O3/c1-13(2,3)18-12(16)10-15-7-5-6-11(9-15)8-14-17-4/h6,8H,5,7,9-10H2,1-4H3. The minimum Gasteiger partial charge on any atom is -0.459 e.